The zero-order valence-electron chi connectivity index (χ0n) is 8.80. The number of rotatable bonds is 2. The summed E-state index contributed by atoms with van der Waals surface area (Å²) >= 11 is 0. The number of nitrogen functional groups attached to an aromatic ring is 1. The number of hydrogen-bond donors (Lipinski definition) is 3. The molecule has 5 N–H and O–H groups in total. The van der Waals surface area contributed by atoms with Gasteiger partial charge in [-0.1, -0.05) is 30.3 Å². The van der Waals surface area contributed by atoms with Crippen molar-refractivity contribution in [2.75, 3.05) is 5.73 Å². The predicted molar refractivity (Wildman–Crippen MR) is 65.0 cm³/mol. The maximum Gasteiger partial charge on any atom is 0.120 e. The van der Waals surface area contributed by atoms with Crippen LogP contribution < -0.4 is 11.5 Å². The van der Waals surface area contributed by atoms with Crippen molar-refractivity contribution in [2.24, 2.45) is 5.73 Å². The van der Waals surface area contributed by atoms with Crippen LogP contribution >= 0.6 is 0 Å². The van der Waals surface area contributed by atoms with Gasteiger partial charge < -0.3 is 16.6 Å². The van der Waals surface area contributed by atoms with Crippen molar-refractivity contribution in [3.63, 3.8) is 0 Å². The number of phenolic OH excluding ortho intramolecular Hbond substituents is 1. The summed E-state index contributed by atoms with van der Waals surface area (Å²) in [5, 5.41) is 9.73. The normalized spacial score (nSPS) is 12.3. The van der Waals surface area contributed by atoms with Gasteiger partial charge in [-0.25, -0.2) is 0 Å². The van der Waals surface area contributed by atoms with Gasteiger partial charge in [0.25, 0.3) is 0 Å². The summed E-state index contributed by atoms with van der Waals surface area (Å²) < 4.78 is 0. The second-order valence-corrected chi connectivity index (χ2v) is 3.71. The minimum Gasteiger partial charge on any atom is -0.508 e. The summed E-state index contributed by atoms with van der Waals surface area (Å²) in [4.78, 5) is 0. The third kappa shape index (κ3) is 1.99. The first-order valence-corrected chi connectivity index (χ1v) is 5.07. The summed E-state index contributed by atoms with van der Waals surface area (Å²) in [5.41, 5.74) is 13.9. The summed E-state index contributed by atoms with van der Waals surface area (Å²) in [6.45, 7) is 0. The van der Waals surface area contributed by atoms with Crippen LogP contribution in [0.3, 0.4) is 0 Å². The van der Waals surface area contributed by atoms with Crippen LogP contribution in [0.4, 0.5) is 5.69 Å². The molecule has 2 aromatic carbocycles. The molecule has 3 nitrogen and oxygen atoms in total. The standard InChI is InChI=1S/C13H14N2O/c14-10-6-7-12(16)11(8-10)13(15)9-4-2-1-3-5-9/h1-8,13,16H,14-15H2. The predicted octanol–water partition coefficient (Wildman–Crippen LogP) is 2.02. The highest BCUT2D eigenvalue weighted by Crippen LogP contribution is 2.28. The van der Waals surface area contributed by atoms with Crippen molar-refractivity contribution in [3.8, 4) is 5.75 Å². The maximum atomic E-state index is 9.73. The Morgan fingerprint density at radius 3 is 2.38 bits per heavy atom. The summed E-state index contributed by atoms with van der Waals surface area (Å²) in [6.07, 6.45) is 0. The fourth-order valence-corrected chi connectivity index (χ4v) is 1.66. The monoisotopic (exact) mass is 214 g/mol. The third-order valence-electron chi connectivity index (χ3n) is 2.55. The van der Waals surface area contributed by atoms with E-state index in [0.717, 1.165) is 5.56 Å². The van der Waals surface area contributed by atoms with Crippen LogP contribution in [0.25, 0.3) is 0 Å². The molecule has 0 saturated carbocycles. The van der Waals surface area contributed by atoms with Gasteiger partial charge in [0, 0.05) is 11.3 Å². The second kappa shape index (κ2) is 4.24. The van der Waals surface area contributed by atoms with E-state index < -0.39 is 0 Å². The second-order valence-electron chi connectivity index (χ2n) is 3.71. The molecule has 0 aliphatic carbocycles. The molecule has 1 atom stereocenters. The number of nitrogens with two attached hydrogens (primary N) is 2. The van der Waals surface area contributed by atoms with Gasteiger partial charge in [-0.05, 0) is 23.8 Å². The molecule has 0 heterocycles. The summed E-state index contributed by atoms with van der Waals surface area (Å²) in [6, 6.07) is 14.2. The number of aromatic hydroxyl groups is 1. The van der Waals surface area contributed by atoms with Crippen LogP contribution in [-0.4, -0.2) is 5.11 Å². The zero-order chi connectivity index (χ0) is 11.5. The minimum atomic E-state index is -0.357. The Hall–Kier alpha value is -2.00. The molecule has 0 aliphatic rings. The summed E-state index contributed by atoms with van der Waals surface area (Å²) in [7, 11) is 0. The molecule has 0 bridgehead atoms. The van der Waals surface area contributed by atoms with E-state index >= 15 is 0 Å². The average molecular weight is 214 g/mol. The van der Waals surface area contributed by atoms with Crippen molar-refractivity contribution < 1.29 is 5.11 Å². The Bertz CT molecular complexity index is 483. The molecule has 0 amide bonds. The molecule has 82 valence electrons. The number of anilines is 1. The van der Waals surface area contributed by atoms with E-state index in [4.69, 9.17) is 11.5 Å². The van der Waals surface area contributed by atoms with Gasteiger partial charge >= 0.3 is 0 Å². The van der Waals surface area contributed by atoms with Gasteiger partial charge in [0.15, 0.2) is 0 Å². The lowest BCUT2D eigenvalue weighted by Gasteiger charge is -2.14. The van der Waals surface area contributed by atoms with Crippen LogP contribution in [0, 0.1) is 0 Å². The topological polar surface area (TPSA) is 72.3 Å². The van der Waals surface area contributed by atoms with Gasteiger partial charge in [0.05, 0.1) is 6.04 Å². The van der Waals surface area contributed by atoms with Gasteiger partial charge in [0.2, 0.25) is 0 Å². The Balaban J connectivity index is 2.41. The highest BCUT2D eigenvalue weighted by molar-refractivity contribution is 5.50. The van der Waals surface area contributed by atoms with Gasteiger partial charge in [-0.15, -0.1) is 0 Å². The molecule has 0 aliphatic heterocycles. The van der Waals surface area contributed by atoms with Crippen molar-refractivity contribution >= 4 is 5.69 Å². The summed E-state index contributed by atoms with van der Waals surface area (Å²) in [5.74, 6) is 0.172. The van der Waals surface area contributed by atoms with Crippen molar-refractivity contribution in [1.82, 2.24) is 0 Å². The number of benzene rings is 2. The molecular weight excluding hydrogens is 200 g/mol. The molecule has 2 aromatic rings. The molecule has 0 radical (unpaired) electrons. The molecule has 0 saturated heterocycles. The zero-order valence-corrected chi connectivity index (χ0v) is 8.80. The van der Waals surface area contributed by atoms with Crippen LogP contribution in [0.5, 0.6) is 5.75 Å². The van der Waals surface area contributed by atoms with Crippen LogP contribution in [0.2, 0.25) is 0 Å². The van der Waals surface area contributed by atoms with E-state index in [0.29, 0.717) is 11.3 Å². The lowest BCUT2D eigenvalue weighted by molar-refractivity contribution is 0.465. The number of phenols is 1. The van der Waals surface area contributed by atoms with Gasteiger partial charge in [-0.2, -0.15) is 0 Å². The lowest BCUT2D eigenvalue weighted by Crippen LogP contribution is -2.12. The Morgan fingerprint density at radius 2 is 1.69 bits per heavy atom. The van der Waals surface area contributed by atoms with E-state index in [9.17, 15) is 5.11 Å². The minimum absolute atomic E-state index is 0.172. The van der Waals surface area contributed by atoms with Crippen LogP contribution in [0.15, 0.2) is 48.5 Å². The molecule has 0 aromatic heterocycles. The van der Waals surface area contributed by atoms with E-state index in [1.54, 1.807) is 18.2 Å². The van der Waals surface area contributed by atoms with Gasteiger partial charge in [-0.3, -0.25) is 0 Å². The van der Waals surface area contributed by atoms with E-state index in [2.05, 4.69) is 0 Å². The Morgan fingerprint density at radius 1 is 1.00 bits per heavy atom. The quantitative estimate of drug-likeness (QED) is 0.529. The average Bonchev–Trinajstić information content (AvgIpc) is 2.32. The van der Waals surface area contributed by atoms with E-state index in [-0.39, 0.29) is 11.8 Å². The molecular formula is C13H14N2O. The first kappa shape index (κ1) is 10.5. The Kier molecular flexibility index (Phi) is 2.79. The molecule has 3 heteroatoms. The molecule has 0 fully saturated rings. The number of hydrogen-bond acceptors (Lipinski definition) is 3. The molecule has 0 spiro atoms. The lowest BCUT2D eigenvalue weighted by atomic mass is 9.98. The van der Waals surface area contributed by atoms with E-state index in [1.165, 1.54) is 0 Å². The van der Waals surface area contributed by atoms with Crippen molar-refractivity contribution in [2.45, 2.75) is 6.04 Å². The van der Waals surface area contributed by atoms with Crippen molar-refractivity contribution in [3.05, 3.63) is 59.7 Å². The van der Waals surface area contributed by atoms with Gasteiger partial charge in [0.1, 0.15) is 5.75 Å². The van der Waals surface area contributed by atoms with Crippen molar-refractivity contribution in [1.29, 1.82) is 0 Å². The van der Waals surface area contributed by atoms with E-state index in [1.807, 2.05) is 30.3 Å². The first-order chi connectivity index (χ1) is 7.68. The molecule has 1 unspecified atom stereocenters. The van der Waals surface area contributed by atoms with Crippen LogP contribution in [-0.2, 0) is 0 Å². The fourth-order valence-electron chi connectivity index (χ4n) is 1.66. The largest absolute Gasteiger partial charge is 0.508 e. The molecule has 2 rings (SSSR count). The SMILES string of the molecule is Nc1ccc(O)c(C(N)c2ccccc2)c1. The fraction of sp³-hybridized carbons (Fsp3) is 0.0769. The smallest absolute Gasteiger partial charge is 0.120 e. The molecule has 16 heavy (non-hydrogen) atoms. The highest BCUT2D eigenvalue weighted by Gasteiger charge is 2.12. The Labute approximate surface area is 94.3 Å². The first-order valence-electron chi connectivity index (χ1n) is 5.07. The maximum absolute atomic E-state index is 9.73. The third-order valence-corrected chi connectivity index (χ3v) is 2.55. The highest BCUT2D eigenvalue weighted by atomic mass is 16.3. The van der Waals surface area contributed by atoms with Crippen LogP contribution in [0.1, 0.15) is 17.2 Å².